The summed E-state index contributed by atoms with van der Waals surface area (Å²) in [5.74, 6) is -1.57. The number of ether oxygens (including phenoxy) is 2. The molecule has 2 amide bonds. The molecule has 10 heteroatoms. The van der Waals surface area contributed by atoms with Gasteiger partial charge >= 0.3 is 18.2 Å². The fraction of sp³-hybridized carbons (Fsp3) is 0.591. The Kier molecular flexibility index (Phi) is 10.5. The molecule has 2 N–H and O–H groups in total. The van der Waals surface area contributed by atoms with Crippen LogP contribution in [0.5, 0.6) is 0 Å². The number of benzene rings is 1. The lowest BCUT2D eigenvalue weighted by Gasteiger charge is -2.25. The Hall–Kier alpha value is -2.78. The largest absolute Gasteiger partial charge is 0.464 e. The lowest BCUT2D eigenvalue weighted by molar-refractivity contribution is -0.149. The van der Waals surface area contributed by atoms with Crippen molar-refractivity contribution in [2.45, 2.75) is 77.2 Å². The third-order valence-corrected chi connectivity index (χ3v) is 4.13. The van der Waals surface area contributed by atoms with Crippen LogP contribution in [-0.2, 0) is 25.5 Å². The molecular formula is C22H31F3N2O5. The summed E-state index contributed by atoms with van der Waals surface area (Å²) in [6.45, 7) is 6.55. The van der Waals surface area contributed by atoms with Crippen LogP contribution in [0.1, 0.15) is 52.5 Å². The lowest BCUT2D eigenvalue weighted by atomic mass is 10.0. The Morgan fingerprint density at radius 3 is 2.16 bits per heavy atom. The summed E-state index contributed by atoms with van der Waals surface area (Å²) in [7, 11) is 0. The molecule has 180 valence electrons. The van der Waals surface area contributed by atoms with E-state index in [2.05, 4.69) is 10.6 Å². The Balaban J connectivity index is 2.96. The van der Waals surface area contributed by atoms with Crippen LogP contribution in [0.2, 0.25) is 0 Å². The maximum Gasteiger partial charge on any atom is 0.408 e. The highest BCUT2D eigenvalue weighted by molar-refractivity contribution is 5.89. The molecule has 0 aliphatic rings. The van der Waals surface area contributed by atoms with Crippen molar-refractivity contribution in [2.75, 3.05) is 6.61 Å². The molecule has 0 bridgehead atoms. The van der Waals surface area contributed by atoms with Crippen molar-refractivity contribution >= 4 is 18.0 Å². The first-order valence-electron chi connectivity index (χ1n) is 10.4. The minimum Gasteiger partial charge on any atom is -0.464 e. The lowest BCUT2D eigenvalue weighted by Crippen LogP contribution is -2.53. The van der Waals surface area contributed by atoms with E-state index >= 15 is 0 Å². The first-order chi connectivity index (χ1) is 14.8. The van der Waals surface area contributed by atoms with E-state index in [1.807, 2.05) is 0 Å². The number of nitrogens with one attached hydrogen (secondary N) is 2. The van der Waals surface area contributed by atoms with E-state index in [0.717, 1.165) is 5.56 Å². The summed E-state index contributed by atoms with van der Waals surface area (Å²) in [5, 5.41) is 4.90. The van der Waals surface area contributed by atoms with Crippen LogP contribution in [0.15, 0.2) is 30.3 Å². The third kappa shape index (κ3) is 11.6. The van der Waals surface area contributed by atoms with E-state index in [1.54, 1.807) is 58.0 Å². The average Bonchev–Trinajstić information content (AvgIpc) is 2.65. The zero-order valence-electron chi connectivity index (χ0n) is 18.8. The van der Waals surface area contributed by atoms with Crippen LogP contribution in [0, 0.1) is 0 Å². The van der Waals surface area contributed by atoms with Crippen LogP contribution >= 0.6 is 0 Å². The predicted octanol–water partition coefficient (Wildman–Crippen LogP) is 3.90. The molecule has 32 heavy (non-hydrogen) atoms. The maximum absolute atomic E-state index is 12.9. The number of hydrogen-bond acceptors (Lipinski definition) is 5. The van der Waals surface area contributed by atoms with Crippen molar-refractivity contribution in [2.24, 2.45) is 0 Å². The molecule has 1 aromatic carbocycles. The topological polar surface area (TPSA) is 93.7 Å². The van der Waals surface area contributed by atoms with Gasteiger partial charge < -0.3 is 20.1 Å². The Morgan fingerprint density at radius 1 is 1.00 bits per heavy atom. The quantitative estimate of drug-likeness (QED) is 0.517. The summed E-state index contributed by atoms with van der Waals surface area (Å²) >= 11 is 0. The first kappa shape index (κ1) is 27.3. The number of hydrogen-bond donors (Lipinski definition) is 2. The molecule has 7 nitrogen and oxygen atoms in total. The number of halogens is 3. The second-order valence-corrected chi connectivity index (χ2v) is 8.21. The molecular weight excluding hydrogens is 429 g/mol. The van der Waals surface area contributed by atoms with Crippen molar-refractivity contribution in [3.63, 3.8) is 0 Å². The van der Waals surface area contributed by atoms with Gasteiger partial charge in [-0.15, -0.1) is 0 Å². The van der Waals surface area contributed by atoms with E-state index in [0.29, 0.717) is 0 Å². The monoisotopic (exact) mass is 460 g/mol. The average molecular weight is 460 g/mol. The van der Waals surface area contributed by atoms with E-state index in [4.69, 9.17) is 9.47 Å². The van der Waals surface area contributed by atoms with Gasteiger partial charge in [0.05, 0.1) is 6.61 Å². The summed E-state index contributed by atoms with van der Waals surface area (Å²) in [4.78, 5) is 37.3. The van der Waals surface area contributed by atoms with Crippen LogP contribution in [0.25, 0.3) is 0 Å². The van der Waals surface area contributed by atoms with Gasteiger partial charge in [0.1, 0.15) is 17.7 Å². The van der Waals surface area contributed by atoms with Crippen molar-refractivity contribution in [1.29, 1.82) is 0 Å². The standard InChI is InChI=1S/C22H31F3N2O5/c1-5-31-19(29)16(12-9-13-22(23,24)25)26-18(28)17(14-15-10-7-6-8-11-15)27-20(30)32-21(2,3)4/h6-8,10-11,16-17H,5,9,12-14H2,1-4H3,(H,26,28)(H,27,30). The number of carbonyl (C=O) groups is 3. The van der Waals surface area contributed by atoms with Gasteiger partial charge in [0.2, 0.25) is 5.91 Å². The molecule has 0 aliphatic carbocycles. The molecule has 0 aliphatic heterocycles. The fourth-order valence-electron chi connectivity index (χ4n) is 2.78. The second kappa shape index (κ2) is 12.3. The molecule has 1 rings (SSSR count). The number of alkyl carbamates (subject to hydrolysis) is 1. The Morgan fingerprint density at radius 2 is 1.62 bits per heavy atom. The maximum atomic E-state index is 12.9. The molecule has 1 aromatic rings. The van der Waals surface area contributed by atoms with Gasteiger partial charge in [-0.3, -0.25) is 4.79 Å². The highest BCUT2D eigenvalue weighted by Crippen LogP contribution is 2.23. The van der Waals surface area contributed by atoms with Gasteiger partial charge in [-0.25, -0.2) is 9.59 Å². The summed E-state index contributed by atoms with van der Waals surface area (Å²) in [5.41, 5.74) is -0.0726. The minimum absolute atomic E-state index is 0.00801. The number of esters is 1. The van der Waals surface area contributed by atoms with Gasteiger partial charge in [-0.05, 0) is 46.1 Å². The Labute approximate surface area is 186 Å². The van der Waals surface area contributed by atoms with E-state index < -0.39 is 48.3 Å². The zero-order chi connectivity index (χ0) is 24.4. The van der Waals surface area contributed by atoms with Crippen LogP contribution < -0.4 is 10.6 Å². The summed E-state index contributed by atoms with van der Waals surface area (Å²) < 4.78 is 47.6. The molecule has 0 spiro atoms. The van der Waals surface area contributed by atoms with Gasteiger partial charge in [0.25, 0.3) is 0 Å². The van der Waals surface area contributed by atoms with Crippen molar-refractivity contribution in [3.05, 3.63) is 35.9 Å². The predicted molar refractivity (Wildman–Crippen MR) is 112 cm³/mol. The SMILES string of the molecule is CCOC(=O)C(CCCC(F)(F)F)NC(=O)C(Cc1ccccc1)NC(=O)OC(C)(C)C. The van der Waals surface area contributed by atoms with Crippen LogP contribution in [-0.4, -0.2) is 48.4 Å². The second-order valence-electron chi connectivity index (χ2n) is 8.21. The summed E-state index contributed by atoms with van der Waals surface area (Å²) in [6.07, 6.45) is -6.84. The molecule has 2 unspecified atom stereocenters. The number of rotatable bonds is 10. The van der Waals surface area contributed by atoms with Gasteiger partial charge in [0, 0.05) is 12.8 Å². The smallest absolute Gasteiger partial charge is 0.408 e. The highest BCUT2D eigenvalue weighted by atomic mass is 19.4. The van der Waals surface area contributed by atoms with Crippen molar-refractivity contribution < 1.29 is 37.0 Å². The molecule has 0 saturated carbocycles. The third-order valence-electron chi connectivity index (χ3n) is 4.13. The zero-order valence-corrected chi connectivity index (χ0v) is 18.8. The fourth-order valence-corrected chi connectivity index (χ4v) is 2.78. The molecule has 0 saturated heterocycles. The Bertz CT molecular complexity index is 748. The van der Waals surface area contributed by atoms with Crippen molar-refractivity contribution in [3.8, 4) is 0 Å². The van der Waals surface area contributed by atoms with E-state index in [-0.39, 0.29) is 25.9 Å². The minimum atomic E-state index is -4.38. The molecule has 2 atom stereocenters. The van der Waals surface area contributed by atoms with Crippen LogP contribution in [0.3, 0.4) is 0 Å². The van der Waals surface area contributed by atoms with Crippen molar-refractivity contribution in [1.82, 2.24) is 10.6 Å². The molecule has 0 aromatic heterocycles. The number of carbonyl (C=O) groups excluding carboxylic acids is 3. The molecule has 0 heterocycles. The number of alkyl halides is 3. The molecule has 0 fully saturated rings. The number of amides is 2. The highest BCUT2D eigenvalue weighted by Gasteiger charge is 2.31. The van der Waals surface area contributed by atoms with Gasteiger partial charge in [-0.1, -0.05) is 30.3 Å². The van der Waals surface area contributed by atoms with E-state index in [9.17, 15) is 27.6 Å². The van der Waals surface area contributed by atoms with Gasteiger partial charge in [-0.2, -0.15) is 13.2 Å². The normalized spacial score (nSPS) is 13.6. The van der Waals surface area contributed by atoms with Gasteiger partial charge in [0.15, 0.2) is 0 Å². The first-order valence-corrected chi connectivity index (χ1v) is 10.4. The molecule has 0 radical (unpaired) electrons. The summed E-state index contributed by atoms with van der Waals surface area (Å²) in [6, 6.07) is 6.42. The van der Waals surface area contributed by atoms with Crippen LogP contribution in [0.4, 0.5) is 18.0 Å². The van der Waals surface area contributed by atoms with E-state index in [1.165, 1.54) is 0 Å².